The van der Waals surface area contributed by atoms with Crippen molar-refractivity contribution in [2.45, 2.75) is 24.4 Å². The van der Waals surface area contributed by atoms with Gasteiger partial charge in [-0.1, -0.05) is 30.3 Å². The minimum absolute atomic E-state index is 0.224. The Hall–Kier alpha value is -1.55. The quantitative estimate of drug-likeness (QED) is 0.808. The molecule has 2 aliphatic rings. The highest BCUT2D eigenvalue weighted by molar-refractivity contribution is 5.67. The minimum atomic E-state index is -0.787. The molecule has 2 bridgehead atoms. The number of nitrogens with one attached hydrogen (secondary N) is 1. The van der Waals surface area contributed by atoms with Crippen molar-refractivity contribution in [2.75, 3.05) is 13.1 Å². The van der Waals surface area contributed by atoms with Gasteiger partial charge < -0.3 is 10.4 Å². The van der Waals surface area contributed by atoms with Gasteiger partial charge in [-0.3, -0.25) is 4.90 Å². The van der Waals surface area contributed by atoms with Crippen LogP contribution in [0.15, 0.2) is 30.3 Å². The van der Waals surface area contributed by atoms with E-state index in [-0.39, 0.29) is 5.54 Å². The zero-order chi connectivity index (χ0) is 11.9. The molecule has 2 saturated heterocycles. The lowest BCUT2D eigenvalue weighted by Crippen LogP contribution is -2.55. The fourth-order valence-corrected chi connectivity index (χ4v) is 3.17. The second-order valence-electron chi connectivity index (χ2n) is 5.06. The molecule has 0 aliphatic carbocycles. The molecule has 2 N–H and O–H groups in total. The summed E-state index contributed by atoms with van der Waals surface area (Å²) in [6.45, 7) is 1.40. The molecule has 2 aliphatic heterocycles. The maximum atomic E-state index is 11.3. The van der Waals surface area contributed by atoms with Crippen molar-refractivity contribution in [1.29, 1.82) is 0 Å². The molecule has 1 amide bonds. The van der Waals surface area contributed by atoms with Crippen LogP contribution in [0.25, 0.3) is 0 Å². The molecule has 17 heavy (non-hydrogen) atoms. The lowest BCUT2D eigenvalue weighted by atomic mass is 9.90. The molecule has 4 heteroatoms. The van der Waals surface area contributed by atoms with Gasteiger partial charge in [0, 0.05) is 19.1 Å². The molecular weight excluding hydrogens is 216 g/mol. The summed E-state index contributed by atoms with van der Waals surface area (Å²) >= 11 is 0. The third kappa shape index (κ3) is 1.69. The van der Waals surface area contributed by atoms with Crippen LogP contribution in [0.4, 0.5) is 4.79 Å². The van der Waals surface area contributed by atoms with Gasteiger partial charge in [-0.2, -0.15) is 0 Å². The van der Waals surface area contributed by atoms with Gasteiger partial charge >= 0.3 is 6.09 Å². The smallest absolute Gasteiger partial charge is 0.407 e. The second kappa shape index (κ2) is 3.74. The van der Waals surface area contributed by atoms with E-state index in [9.17, 15) is 9.90 Å². The van der Waals surface area contributed by atoms with Crippen molar-refractivity contribution in [2.24, 2.45) is 0 Å². The Balaban J connectivity index is 1.87. The fourth-order valence-electron chi connectivity index (χ4n) is 3.17. The van der Waals surface area contributed by atoms with Crippen LogP contribution in [0.5, 0.6) is 0 Å². The molecule has 1 aromatic rings. The third-order valence-electron chi connectivity index (χ3n) is 3.93. The van der Waals surface area contributed by atoms with Crippen molar-refractivity contribution in [3.05, 3.63) is 35.9 Å². The van der Waals surface area contributed by atoms with Crippen LogP contribution >= 0.6 is 0 Å². The van der Waals surface area contributed by atoms with Crippen LogP contribution < -0.4 is 5.32 Å². The summed E-state index contributed by atoms with van der Waals surface area (Å²) in [5, 5.41) is 12.7. The maximum absolute atomic E-state index is 11.3. The van der Waals surface area contributed by atoms with Crippen molar-refractivity contribution in [3.8, 4) is 0 Å². The highest BCUT2D eigenvalue weighted by Crippen LogP contribution is 2.37. The maximum Gasteiger partial charge on any atom is 0.407 e. The lowest BCUT2D eigenvalue weighted by molar-refractivity contribution is 0.0963. The van der Waals surface area contributed by atoms with Crippen LogP contribution in [0, 0.1) is 0 Å². The topological polar surface area (TPSA) is 52.6 Å². The predicted octanol–water partition coefficient (Wildman–Crippen LogP) is 1.32. The Kier molecular flexibility index (Phi) is 2.33. The first-order valence-electron chi connectivity index (χ1n) is 5.97. The lowest BCUT2D eigenvalue weighted by Gasteiger charge is -2.37. The molecule has 0 saturated carbocycles. The molecule has 2 fully saturated rings. The highest BCUT2D eigenvalue weighted by Gasteiger charge is 2.52. The third-order valence-corrected chi connectivity index (χ3v) is 3.93. The number of carboxylic acid groups (broad SMARTS) is 1. The van der Waals surface area contributed by atoms with Gasteiger partial charge in [0.05, 0.1) is 5.54 Å². The van der Waals surface area contributed by atoms with Gasteiger partial charge in [0.25, 0.3) is 0 Å². The van der Waals surface area contributed by atoms with Crippen molar-refractivity contribution in [1.82, 2.24) is 10.2 Å². The Morgan fingerprint density at radius 3 is 2.88 bits per heavy atom. The Morgan fingerprint density at radius 1 is 1.47 bits per heavy atom. The van der Waals surface area contributed by atoms with E-state index in [0.717, 1.165) is 19.4 Å². The van der Waals surface area contributed by atoms with Crippen molar-refractivity contribution in [3.63, 3.8) is 0 Å². The van der Waals surface area contributed by atoms with Gasteiger partial charge in [0.2, 0.25) is 0 Å². The zero-order valence-corrected chi connectivity index (χ0v) is 9.60. The molecule has 1 aromatic carbocycles. The first-order chi connectivity index (χ1) is 8.20. The van der Waals surface area contributed by atoms with E-state index in [4.69, 9.17) is 0 Å². The SMILES string of the molecule is O=C(O)N1CC2CC1(Cc1ccccc1)CN2. The average Bonchev–Trinajstić information content (AvgIpc) is 2.87. The minimum Gasteiger partial charge on any atom is -0.465 e. The van der Waals surface area contributed by atoms with E-state index < -0.39 is 6.09 Å². The molecule has 0 spiro atoms. The molecule has 2 unspecified atom stereocenters. The highest BCUT2D eigenvalue weighted by atomic mass is 16.4. The number of hydrogen-bond donors (Lipinski definition) is 2. The molecule has 2 heterocycles. The number of nitrogens with zero attached hydrogens (tertiary/aromatic N) is 1. The predicted molar refractivity (Wildman–Crippen MR) is 64.0 cm³/mol. The molecule has 4 nitrogen and oxygen atoms in total. The number of benzene rings is 1. The van der Waals surface area contributed by atoms with E-state index in [1.54, 1.807) is 4.90 Å². The van der Waals surface area contributed by atoms with Crippen molar-refractivity contribution >= 4 is 6.09 Å². The molecule has 0 radical (unpaired) electrons. The van der Waals surface area contributed by atoms with Gasteiger partial charge in [0.15, 0.2) is 0 Å². The van der Waals surface area contributed by atoms with Crippen LogP contribution in [0.1, 0.15) is 12.0 Å². The first kappa shape index (κ1) is 10.6. The first-order valence-corrected chi connectivity index (χ1v) is 5.97. The average molecular weight is 232 g/mol. The molecule has 90 valence electrons. The van der Waals surface area contributed by atoms with E-state index in [1.165, 1.54) is 5.56 Å². The summed E-state index contributed by atoms with van der Waals surface area (Å²) in [4.78, 5) is 12.9. The molecule has 2 atom stereocenters. The number of carbonyl (C=O) groups is 1. The number of amides is 1. The van der Waals surface area contributed by atoms with Crippen LogP contribution in [-0.4, -0.2) is 40.8 Å². The summed E-state index contributed by atoms with van der Waals surface area (Å²) < 4.78 is 0. The summed E-state index contributed by atoms with van der Waals surface area (Å²) in [5.74, 6) is 0. The molecular formula is C13H16N2O2. The largest absolute Gasteiger partial charge is 0.465 e. The number of hydrogen-bond acceptors (Lipinski definition) is 2. The van der Waals surface area contributed by atoms with Crippen LogP contribution in [0.3, 0.4) is 0 Å². The summed E-state index contributed by atoms with van der Waals surface area (Å²) in [7, 11) is 0. The normalized spacial score (nSPS) is 30.8. The Morgan fingerprint density at radius 2 is 2.24 bits per heavy atom. The van der Waals surface area contributed by atoms with Gasteiger partial charge in [0.1, 0.15) is 0 Å². The summed E-state index contributed by atoms with van der Waals surface area (Å²) in [6.07, 6.45) is 0.961. The molecule has 0 aromatic heterocycles. The summed E-state index contributed by atoms with van der Waals surface area (Å²) in [5.41, 5.74) is 0.987. The van der Waals surface area contributed by atoms with E-state index in [1.807, 2.05) is 18.2 Å². The Labute approximate surface area is 100 Å². The fraction of sp³-hybridized carbons (Fsp3) is 0.462. The zero-order valence-electron chi connectivity index (χ0n) is 9.60. The number of rotatable bonds is 2. The van der Waals surface area contributed by atoms with Gasteiger partial charge in [-0.15, -0.1) is 0 Å². The van der Waals surface area contributed by atoms with Crippen LogP contribution in [-0.2, 0) is 6.42 Å². The van der Waals surface area contributed by atoms with Gasteiger partial charge in [-0.25, -0.2) is 4.79 Å². The van der Waals surface area contributed by atoms with E-state index in [2.05, 4.69) is 17.4 Å². The molecule has 3 rings (SSSR count). The second-order valence-corrected chi connectivity index (χ2v) is 5.06. The van der Waals surface area contributed by atoms with Crippen LogP contribution in [0.2, 0.25) is 0 Å². The monoisotopic (exact) mass is 232 g/mol. The van der Waals surface area contributed by atoms with E-state index >= 15 is 0 Å². The number of fused-ring (bicyclic) bond motifs is 2. The standard InChI is InChI=1S/C13H16N2O2/c16-12(17)15-8-11-7-13(15,9-14-11)6-10-4-2-1-3-5-10/h1-5,11,14H,6-9H2,(H,16,17). The van der Waals surface area contributed by atoms with Crippen molar-refractivity contribution < 1.29 is 9.90 Å². The summed E-state index contributed by atoms with van der Waals surface area (Å²) in [6, 6.07) is 10.5. The number of piperazine rings is 1. The Bertz CT molecular complexity index is 434. The number of likely N-dealkylation sites (tertiary alicyclic amines) is 1. The van der Waals surface area contributed by atoms with Gasteiger partial charge in [-0.05, 0) is 18.4 Å². The van der Waals surface area contributed by atoms with E-state index in [0.29, 0.717) is 12.6 Å².